The maximum absolute atomic E-state index is 12.2. The Bertz CT molecular complexity index is 887. The van der Waals surface area contributed by atoms with Gasteiger partial charge in [0.15, 0.2) is 12.4 Å². The lowest BCUT2D eigenvalue weighted by molar-refractivity contribution is -0.136. The lowest BCUT2D eigenvalue weighted by Crippen LogP contribution is -2.20. The summed E-state index contributed by atoms with van der Waals surface area (Å²) < 4.78 is 4.99. The first-order valence-corrected chi connectivity index (χ1v) is 8.45. The lowest BCUT2D eigenvalue weighted by Gasteiger charge is -2.17. The number of carbonyl (C=O) groups excluding carboxylic acids is 3. The van der Waals surface area contributed by atoms with Crippen molar-refractivity contribution in [3.63, 3.8) is 0 Å². The summed E-state index contributed by atoms with van der Waals surface area (Å²) in [6.45, 7) is -0.338. The van der Waals surface area contributed by atoms with Crippen molar-refractivity contribution in [2.75, 3.05) is 11.9 Å². The van der Waals surface area contributed by atoms with Crippen molar-refractivity contribution in [2.24, 2.45) is 0 Å². The van der Waals surface area contributed by atoms with E-state index >= 15 is 0 Å². The molecular formula is C20H16ClNO4. The first kappa shape index (κ1) is 17.9. The molecule has 0 fully saturated rings. The van der Waals surface area contributed by atoms with Crippen LogP contribution < -0.4 is 5.32 Å². The monoisotopic (exact) mass is 369 g/mol. The molecule has 0 radical (unpaired) electrons. The summed E-state index contributed by atoms with van der Waals surface area (Å²) in [5.74, 6) is -0.922. The Morgan fingerprint density at radius 1 is 1.12 bits per heavy atom. The van der Waals surface area contributed by atoms with Gasteiger partial charge in [-0.05, 0) is 54.0 Å². The van der Waals surface area contributed by atoms with Crippen molar-refractivity contribution in [3.8, 4) is 0 Å². The van der Waals surface area contributed by atoms with Gasteiger partial charge in [-0.25, -0.2) is 4.79 Å². The Morgan fingerprint density at radius 2 is 1.88 bits per heavy atom. The molecule has 6 heteroatoms. The Kier molecular flexibility index (Phi) is 5.49. The summed E-state index contributed by atoms with van der Waals surface area (Å²) in [7, 11) is 0. The smallest absolute Gasteiger partial charge is 0.331 e. The van der Waals surface area contributed by atoms with Gasteiger partial charge < -0.3 is 10.1 Å². The standard InChI is InChI=1S/C20H16ClNO4/c21-16-6-1-13(2-7-16)3-10-20(25)26-12-18(23)15-4-8-17-14(11-15)5-9-19(24)22-17/h1-4,6-8,10-11H,5,9,12H2,(H,22,24)/b10-3+. The van der Waals surface area contributed by atoms with E-state index in [0.29, 0.717) is 23.4 Å². The Labute approximate surface area is 155 Å². The van der Waals surface area contributed by atoms with Gasteiger partial charge in [0, 0.05) is 28.8 Å². The number of benzene rings is 2. The first-order valence-electron chi connectivity index (χ1n) is 8.07. The maximum Gasteiger partial charge on any atom is 0.331 e. The Hall–Kier alpha value is -2.92. The van der Waals surface area contributed by atoms with Crippen LogP contribution in [-0.4, -0.2) is 24.3 Å². The van der Waals surface area contributed by atoms with Crippen LogP contribution in [0.1, 0.15) is 27.9 Å². The summed E-state index contributed by atoms with van der Waals surface area (Å²) in [4.78, 5) is 35.3. The van der Waals surface area contributed by atoms with Gasteiger partial charge in [0.05, 0.1) is 0 Å². The van der Waals surface area contributed by atoms with E-state index < -0.39 is 5.97 Å². The second-order valence-corrected chi connectivity index (χ2v) is 6.27. The number of hydrogen-bond donors (Lipinski definition) is 1. The molecule has 1 heterocycles. The topological polar surface area (TPSA) is 72.5 Å². The van der Waals surface area contributed by atoms with Crippen LogP contribution >= 0.6 is 11.6 Å². The number of aryl methyl sites for hydroxylation is 1. The Morgan fingerprint density at radius 3 is 2.65 bits per heavy atom. The molecular weight excluding hydrogens is 354 g/mol. The Balaban J connectivity index is 1.56. The average molecular weight is 370 g/mol. The normalized spacial score (nSPS) is 13.2. The van der Waals surface area contributed by atoms with Crippen LogP contribution in [0.3, 0.4) is 0 Å². The van der Waals surface area contributed by atoms with E-state index in [1.54, 1.807) is 48.5 Å². The van der Waals surface area contributed by atoms with Gasteiger partial charge in [-0.3, -0.25) is 9.59 Å². The number of hydrogen-bond acceptors (Lipinski definition) is 4. The van der Waals surface area contributed by atoms with Crippen molar-refractivity contribution in [1.82, 2.24) is 0 Å². The van der Waals surface area contributed by atoms with Crippen LogP contribution in [0.25, 0.3) is 6.08 Å². The third kappa shape index (κ3) is 4.58. The maximum atomic E-state index is 12.2. The van der Waals surface area contributed by atoms with E-state index in [1.807, 2.05) is 0 Å². The van der Waals surface area contributed by atoms with Crippen LogP contribution in [0.4, 0.5) is 5.69 Å². The van der Waals surface area contributed by atoms with Gasteiger partial charge in [0.2, 0.25) is 5.91 Å². The highest BCUT2D eigenvalue weighted by molar-refractivity contribution is 6.30. The molecule has 5 nitrogen and oxygen atoms in total. The molecule has 132 valence electrons. The van der Waals surface area contributed by atoms with Crippen molar-refractivity contribution in [1.29, 1.82) is 0 Å². The number of ketones is 1. The highest BCUT2D eigenvalue weighted by Crippen LogP contribution is 2.23. The highest BCUT2D eigenvalue weighted by Gasteiger charge is 2.17. The van der Waals surface area contributed by atoms with E-state index in [2.05, 4.69) is 5.32 Å². The minimum Gasteiger partial charge on any atom is -0.454 e. The molecule has 0 spiro atoms. The fourth-order valence-corrected chi connectivity index (χ4v) is 2.69. The first-order chi connectivity index (χ1) is 12.5. The molecule has 0 bridgehead atoms. The third-order valence-corrected chi connectivity index (χ3v) is 4.20. The predicted octanol–water partition coefficient (Wildman–Crippen LogP) is 3.66. The molecule has 0 aromatic heterocycles. The van der Waals surface area contributed by atoms with Gasteiger partial charge in [-0.2, -0.15) is 0 Å². The molecule has 1 aliphatic heterocycles. The quantitative estimate of drug-likeness (QED) is 0.496. The zero-order chi connectivity index (χ0) is 18.5. The highest BCUT2D eigenvalue weighted by atomic mass is 35.5. The van der Waals surface area contributed by atoms with Gasteiger partial charge in [0.25, 0.3) is 0 Å². The van der Waals surface area contributed by atoms with Gasteiger partial charge in [-0.1, -0.05) is 23.7 Å². The molecule has 0 unspecified atom stereocenters. The average Bonchev–Trinajstić information content (AvgIpc) is 2.65. The van der Waals surface area contributed by atoms with E-state index in [9.17, 15) is 14.4 Å². The molecule has 2 aromatic rings. The van der Waals surface area contributed by atoms with Crippen molar-refractivity contribution >= 4 is 41.0 Å². The molecule has 1 amide bonds. The number of esters is 1. The molecule has 0 saturated carbocycles. The van der Waals surface area contributed by atoms with Crippen molar-refractivity contribution in [3.05, 3.63) is 70.3 Å². The van der Waals surface area contributed by atoms with E-state index in [-0.39, 0.29) is 18.3 Å². The summed E-state index contributed by atoms with van der Waals surface area (Å²) >= 11 is 5.79. The van der Waals surface area contributed by atoms with Crippen LogP contribution in [0.5, 0.6) is 0 Å². The number of rotatable bonds is 5. The molecule has 0 saturated heterocycles. The summed E-state index contributed by atoms with van der Waals surface area (Å²) in [5, 5.41) is 3.37. The fourth-order valence-electron chi connectivity index (χ4n) is 2.56. The zero-order valence-corrected chi connectivity index (χ0v) is 14.6. The predicted molar refractivity (Wildman–Crippen MR) is 99.2 cm³/mol. The number of anilines is 1. The number of amides is 1. The number of nitrogens with one attached hydrogen (secondary N) is 1. The summed E-state index contributed by atoms with van der Waals surface area (Å²) in [6.07, 6.45) is 3.84. The fraction of sp³-hybridized carbons (Fsp3) is 0.150. The summed E-state index contributed by atoms with van der Waals surface area (Å²) in [5.41, 5.74) is 2.88. The number of ether oxygens (including phenoxy) is 1. The molecule has 0 atom stereocenters. The van der Waals surface area contributed by atoms with E-state index in [4.69, 9.17) is 16.3 Å². The second kappa shape index (κ2) is 7.97. The SMILES string of the molecule is O=C1CCc2cc(C(=O)COC(=O)/C=C/c3ccc(Cl)cc3)ccc2N1. The molecule has 1 aliphatic rings. The van der Waals surface area contributed by atoms with Crippen molar-refractivity contribution < 1.29 is 19.1 Å². The molecule has 0 aliphatic carbocycles. The number of carbonyl (C=O) groups is 3. The zero-order valence-electron chi connectivity index (χ0n) is 13.8. The molecule has 26 heavy (non-hydrogen) atoms. The van der Waals surface area contributed by atoms with Crippen LogP contribution in [0.15, 0.2) is 48.5 Å². The van der Waals surface area contributed by atoms with E-state index in [0.717, 1.165) is 16.8 Å². The van der Waals surface area contributed by atoms with Crippen LogP contribution in [-0.2, 0) is 20.7 Å². The minimum atomic E-state index is -0.599. The molecule has 3 rings (SSSR count). The molecule has 2 aromatic carbocycles. The summed E-state index contributed by atoms with van der Waals surface area (Å²) in [6, 6.07) is 12.0. The lowest BCUT2D eigenvalue weighted by atomic mass is 9.99. The van der Waals surface area contributed by atoms with E-state index in [1.165, 1.54) is 6.08 Å². The number of Topliss-reactive ketones (excluding diaryl/α,β-unsaturated/α-hetero) is 1. The molecule has 1 N–H and O–H groups in total. The van der Waals surface area contributed by atoms with Crippen LogP contribution in [0, 0.1) is 0 Å². The third-order valence-electron chi connectivity index (χ3n) is 3.95. The minimum absolute atomic E-state index is 0.0296. The van der Waals surface area contributed by atoms with Gasteiger partial charge in [0.1, 0.15) is 0 Å². The van der Waals surface area contributed by atoms with Gasteiger partial charge >= 0.3 is 5.97 Å². The second-order valence-electron chi connectivity index (χ2n) is 5.84. The largest absolute Gasteiger partial charge is 0.454 e. The van der Waals surface area contributed by atoms with Crippen molar-refractivity contribution in [2.45, 2.75) is 12.8 Å². The number of fused-ring (bicyclic) bond motifs is 1. The van der Waals surface area contributed by atoms with Crippen LogP contribution in [0.2, 0.25) is 5.02 Å². The van der Waals surface area contributed by atoms with Gasteiger partial charge in [-0.15, -0.1) is 0 Å². The number of halogens is 1.